The molecule has 3 heteroatoms. The summed E-state index contributed by atoms with van der Waals surface area (Å²) >= 11 is 1.82. The first-order valence-corrected chi connectivity index (χ1v) is 4.46. The van der Waals surface area contributed by atoms with Crippen molar-refractivity contribution >= 4 is 11.8 Å². The summed E-state index contributed by atoms with van der Waals surface area (Å²) < 4.78 is 0. The van der Waals surface area contributed by atoms with Crippen molar-refractivity contribution in [2.24, 2.45) is 11.5 Å². The van der Waals surface area contributed by atoms with Crippen molar-refractivity contribution in [2.45, 2.75) is 24.3 Å². The molecule has 10 heavy (non-hydrogen) atoms. The van der Waals surface area contributed by atoms with E-state index in [9.17, 15) is 0 Å². The van der Waals surface area contributed by atoms with Gasteiger partial charge in [0, 0.05) is 23.1 Å². The van der Waals surface area contributed by atoms with E-state index < -0.39 is 0 Å². The van der Waals surface area contributed by atoms with Crippen LogP contribution >= 0.6 is 11.8 Å². The SMILES string of the molecule is C=C(C)C1SCC(N)C1N. The van der Waals surface area contributed by atoms with Crippen LogP contribution in [0.15, 0.2) is 12.2 Å². The van der Waals surface area contributed by atoms with Crippen molar-refractivity contribution < 1.29 is 0 Å². The number of rotatable bonds is 1. The lowest BCUT2D eigenvalue weighted by molar-refractivity contribution is 0.598. The summed E-state index contributed by atoms with van der Waals surface area (Å²) in [6.45, 7) is 5.88. The summed E-state index contributed by atoms with van der Waals surface area (Å²) in [7, 11) is 0. The van der Waals surface area contributed by atoms with Gasteiger partial charge in [0.1, 0.15) is 0 Å². The molecule has 1 heterocycles. The molecular weight excluding hydrogens is 144 g/mol. The molecule has 1 fully saturated rings. The van der Waals surface area contributed by atoms with Gasteiger partial charge in [0.2, 0.25) is 0 Å². The summed E-state index contributed by atoms with van der Waals surface area (Å²) in [5, 5.41) is 0.384. The van der Waals surface area contributed by atoms with Gasteiger partial charge in [-0.15, -0.1) is 0 Å². The molecule has 0 aromatic rings. The maximum atomic E-state index is 5.82. The van der Waals surface area contributed by atoms with Gasteiger partial charge < -0.3 is 11.5 Å². The van der Waals surface area contributed by atoms with Crippen LogP contribution in [0.1, 0.15) is 6.92 Å². The lowest BCUT2D eigenvalue weighted by atomic mass is 10.0. The summed E-state index contributed by atoms with van der Waals surface area (Å²) in [6.07, 6.45) is 0. The summed E-state index contributed by atoms with van der Waals surface area (Å²) in [5.41, 5.74) is 12.7. The van der Waals surface area contributed by atoms with Gasteiger partial charge in [-0.25, -0.2) is 0 Å². The van der Waals surface area contributed by atoms with Crippen molar-refractivity contribution in [1.82, 2.24) is 0 Å². The van der Waals surface area contributed by atoms with Crippen LogP contribution < -0.4 is 11.5 Å². The van der Waals surface area contributed by atoms with Crippen molar-refractivity contribution in [3.63, 3.8) is 0 Å². The molecule has 0 bridgehead atoms. The monoisotopic (exact) mass is 158 g/mol. The second-order valence-electron chi connectivity index (χ2n) is 2.84. The minimum atomic E-state index is 0.113. The third-order valence-electron chi connectivity index (χ3n) is 1.80. The van der Waals surface area contributed by atoms with E-state index in [2.05, 4.69) is 6.58 Å². The molecule has 1 aliphatic rings. The number of thioether (sulfide) groups is 1. The predicted octanol–water partition coefficient (Wildman–Crippen LogP) is 0.333. The molecule has 0 aromatic carbocycles. The van der Waals surface area contributed by atoms with E-state index in [1.807, 2.05) is 18.7 Å². The average molecular weight is 158 g/mol. The van der Waals surface area contributed by atoms with Crippen LogP contribution in [-0.4, -0.2) is 23.1 Å². The first kappa shape index (κ1) is 8.11. The lowest BCUT2D eigenvalue weighted by Crippen LogP contribution is -2.43. The highest BCUT2D eigenvalue weighted by Gasteiger charge is 2.31. The molecular formula is C7H14N2S. The van der Waals surface area contributed by atoms with Crippen molar-refractivity contribution in [3.8, 4) is 0 Å². The predicted molar refractivity (Wildman–Crippen MR) is 47.0 cm³/mol. The largest absolute Gasteiger partial charge is 0.326 e. The van der Waals surface area contributed by atoms with Crippen LogP contribution in [0.25, 0.3) is 0 Å². The fourth-order valence-electron chi connectivity index (χ4n) is 1.13. The quantitative estimate of drug-likeness (QED) is 0.541. The molecule has 2 nitrogen and oxygen atoms in total. The zero-order chi connectivity index (χ0) is 7.72. The van der Waals surface area contributed by atoms with Crippen LogP contribution in [0, 0.1) is 0 Å². The normalized spacial score (nSPS) is 40.1. The molecule has 3 atom stereocenters. The number of hydrogen-bond acceptors (Lipinski definition) is 3. The topological polar surface area (TPSA) is 52.0 Å². The molecule has 1 aliphatic heterocycles. The highest BCUT2D eigenvalue weighted by Crippen LogP contribution is 2.29. The minimum absolute atomic E-state index is 0.113. The maximum absolute atomic E-state index is 5.82. The zero-order valence-corrected chi connectivity index (χ0v) is 7.03. The van der Waals surface area contributed by atoms with Crippen molar-refractivity contribution in [1.29, 1.82) is 0 Å². The fourth-order valence-corrected chi connectivity index (χ4v) is 2.49. The zero-order valence-electron chi connectivity index (χ0n) is 6.21. The Morgan fingerprint density at radius 2 is 2.20 bits per heavy atom. The molecule has 4 N–H and O–H groups in total. The average Bonchev–Trinajstić information content (AvgIpc) is 2.14. The third-order valence-corrected chi connectivity index (χ3v) is 3.45. The third kappa shape index (κ3) is 1.36. The van der Waals surface area contributed by atoms with Crippen molar-refractivity contribution in [3.05, 3.63) is 12.2 Å². The Labute approximate surface area is 66.0 Å². The molecule has 0 aromatic heterocycles. The van der Waals surface area contributed by atoms with Gasteiger partial charge in [-0.05, 0) is 6.92 Å². The van der Waals surface area contributed by atoms with Gasteiger partial charge >= 0.3 is 0 Å². The van der Waals surface area contributed by atoms with Gasteiger partial charge in [-0.3, -0.25) is 0 Å². The molecule has 0 radical (unpaired) electrons. The maximum Gasteiger partial charge on any atom is 0.0418 e. The Morgan fingerprint density at radius 1 is 1.60 bits per heavy atom. The molecule has 0 saturated carbocycles. The minimum Gasteiger partial charge on any atom is -0.326 e. The van der Waals surface area contributed by atoms with E-state index in [1.54, 1.807) is 0 Å². The first-order valence-electron chi connectivity index (χ1n) is 3.41. The fraction of sp³-hybridized carbons (Fsp3) is 0.714. The van der Waals surface area contributed by atoms with Gasteiger partial charge in [-0.1, -0.05) is 12.2 Å². The van der Waals surface area contributed by atoms with E-state index in [0.717, 1.165) is 11.3 Å². The molecule has 3 unspecified atom stereocenters. The van der Waals surface area contributed by atoms with Crippen LogP contribution in [0.3, 0.4) is 0 Å². The number of hydrogen-bond donors (Lipinski definition) is 2. The van der Waals surface area contributed by atoms with Gasteiger partial charge in [0.05, 0.1) is 0 Å². The van der Waals surface area contributed by atoms with E-state index in [1.165, 1.54) is 0 Å². The van der Waals surface area contributed by atoms with E-state index in [4.69, 9.17) is 11.5 Å². The number of nitrogens with two attached hydrogens (primary N) is 2. The van der Waals surface area contributed by atoms with Crippen LogP contribution in [0.5, 0.6) is 0 Å². The van der Waals surface area contributed by atoms with Crippen LogP contribution in [0.2, 0.25) is 0 Å². The van der Waals surface area contributed by atoms with Gasteiger partial charge in [0.25, 0.3) is 0 Å². The van der Waals surface area contributed by atoms with E-state index in [0.29, 0.717) is 5.25 Å². The molecule has 0 spiro atoms. The Bertz CT molecular complexity index is 147. The second-order valence-corrected chi connectivity index (χ2v) is 4.02. The first-order chi connectivity index (χ1) is 4.63. The molecule has 0 amide bonds. The molecule has 58 valence electrons. The summed E-state index contributed by atoms with van der Waals surface area (Å²) in [5.74, 6) is 0.971. The standard InChI is InChI=1S/C7H14N2S/c1-4(2)7-6(9)5(8)3-10-7/h5-7H,1,3,8-9H2,2H3. The van der Waals surface area contributed by atoms with E-state index >= 15 is 0 Å². The molecule has 1 saturated heterocycles. The highest BCUT2D eigenvalue weighted by molar-refractivity contribution is 8.00. The van der Waals surface area contributed by atoms with Crippen molar-refractivity contribution in [2.75, 3.05) is 5.75 Å². The smallest absolute Gasteiger partial charge is 0.0418 e. The second kappa shape index (κ2) is 2.95. The Hall–Kier alpha value is 0.01000. The molecule has 0 aliphatic carbocycles. The van der Waals surface area contributed by atoms with Crippen LogP contribution in [0.4, 0.5) is 0 Å². The summed E-state index contributed by atoms with van der Waals surface area (Å²) in [4.78, 5) is 0. The van der Waals surface area contributed by atoms with E-state index in [-0.39, 0.29) is 12.1 Å². The lowest BCUT2D eigenvalue weighted by Gasteiger charge is -2.16. The van der Waals surface area contributed by atoms with Gasteiger partial charge in [-0.2, -0.15) is 11.8 Å². The summed E-state index contributed by atoms with van der Waals surface area (Å²) in [6, 6.07) is 0.272. The van der Waals surface area contributed by atoms with Gasteiger partial charge in [0.15, 0.2) is 0 Å². The highest BCUT2D eigenvalue weighted by atomic mass is 32.2. The van der Waals surface area contributed by atoms with Crippen LogP contribution in [-0.2, 0) is 0 Å². The Kier molecular flexibility index (Phi) is 2.39. The molecule has 1 rings (SSSR count). The Morgan fingerprint density at radius 3 is 2.40 bits per heavy atom. The Balaban J connectivity index is 2.57.